The zero-order chi connectivity index (χ0) is 9.61. The number of hydrogen-bond acceptors (Lipinski definition) is 1. The second-order valence-corrected chi connectivity index (χ2v) is 4.52. The van der Waals surface area contributed by atoms with Crippen molar-refractivity contribution >= 4 is 32.2 Å². The van der Waals surface area contributed by atoms with E-state index in [0.29, 0.717) is 11.8 Å². The van der Waals surface area contributed by atoms with Crippen LogP contribution < -0.4 is 0 Å². The third-order valence-electron chi connectivity index (χ3n) is 1.82. The predicted octanol–water partition coefficient (Wildman–Crippen LogP) is 1.88. The molecule has 0 unspecified atom stereocenters. The topological polar surface area (TPSA) is 37.3 Å². The van der Waals surface area contributed by atoms with Crippen LogP contribution in [0.3, 0.4) is 0 Å². The average Bonchev–Trinajstić information content (AvgIpc) is 1.83. The molecule has 13 heavy (non-hydrogen) atoms. The molecule has 2 nitrogen and oxygen atoms in total. The molecule has 0 rings (SSSR count). The maximum absolute atomic E-state index is 10.2. The van der Waals surface area contributed by atoms with E-state index in [1.54, 1.807) is 0 Å². The van der Waals surface area contributed by atoms with Gasteiger partial charge < -0.3 is 5.11 Å². The van der Waals surface area contributed by atoms with Crippen LogP contribution in [0, 0.1) is 5.41 Å². The van der Waals surface area contributed by atoms with Crippen LogP contribution in [-0.4, -0.2) is 37.3 Å². The summed E-state index contributed by atoms with van der Waals surface area (Å²) in [5, 5.41) is 8.37. The third-order valence-corrected chi connectivity index (χ3v) is 1.82. The first-order valence-electron chi connectivity index (χ1n) is 4.63. The SMILES string of the molecule is CC(C)(C)CCCCCC(=O)O.[BiH3]. The molecule has 0 aromatic carbocycles. The molecule has 80 valence electrons. The molecule has 0 bridgehead atoms. The van der Waals surface area contributed by atoms with Crippen molar-refractivity contribution in [2.24, 2.45) is 5.41 Å². The second-order valence-electron chi connectivity index (χ2n) is 4.52. The van der Waals surface area contributed by atoms with Gasteiger partial charge in [-0.2, -0.15) is 0 Å². The van der Waals surface area contributed by atoms with Crippen molar-refractivity contribution in [3.05, 3.63) is 0 Å². The van der Waals surface area contributed by atoms with Crippen LogP contribution in [0.5, 0.6) is 0 Å². The maximum atomic E-state index is 10.2. The summed E-state index contributed by atoms with van der Waals surface area (Å²) in [5.41, 5.74) is 0.392. The quantitative estimate of drug-likeness (QED) is 0.581. The minimum atomic E-state index is -0.675. The van der Waals surface area contributed by atoms with Crippen molar-refractivity contribution in [3.63, 3.8) is 0 Å². The molecule has 0 aromatic heterocycles. The van der Waals surface area contributed by atoms with Crippen LogP contribution in [0.25, 0.3) is 0 Å². The van der Waals surface area contributed by atoms with Crippen molar-refractivity contribution in [1.29, 1.82) is 0 Å². The molecule has 0 aliphatic carbocycles. The van der Waals surface area contributed by atoms with Gasteiger partial charge >= 0.3 is 32.2 Å². The van der Waals surface area contributed by atoms with E-state index >= 15 is 0 Å². The Labute approximate surface area is 100 Å². The fourth-order valence-corrected chi connectivity index (χ4v) is 1.11. The van der Waals surface area contributed by atoms with Gasteiger partial charge in [0.1, 0.15) is 0 Å². The van der Waals surface area contributed by atoms with Crippen molar-refractivity contribution in [2.45, 2.75) is 52.9 Å². The molecule has 3 heteroatoms. The van der Waals surface area contributed by atoms with E-state index in [9.17, 15) is 4.79 Å². The van der Waals surface area contributed by atoms with Gasteiger partial charge in [-0.15, -0.1) is 0 Å². The molecule has 0 saturated carbocycles. The van der Waals surface area contributed by atoms with E-state index in [4.69, 9.17) is 5.11 Å². The van der Waals surface area contributed by atoms with Gasteiger partial charge in [0.15, 0.2) is 0 Å². The van der Waals surface area contributed by atoms with E-state index in [0.717, 1.165) is 19.3 Å². The van der Waals surface area contributed by atoms with Crippen LogP contribution in [0.1, 0.15) is 52.9 Å². The molecule has 0 saturated heterocycles. The van der Waals surface area contributed by atoms with E-state index in [-0.39, 0.29) is 26.2 Å². The van der Waals surface area contributed by atoms with E-state index < -0.39 is 5.97 Å². The summed E-state index contributed by atoms with van der Waals surface area (Å²) in [4.78, 5) is 10.2. The van der Waals surface area contributed by atoms with Crippen molar-refractivity contribution in [1.82, 2.24) is 0 Å². The Bertz CT molecular complexity index is 138. The standard InChI is InChI=1S/C10H20O2.Bi.3H/c1-10(2,3)8-6-4-5-7-9(11)12;;;;/h4-8H2,1-3H3,(H,11,12);;;;. The number of hydrogen-bond donors (Lipinski definition) is 1. The number of carboxylic acid groups (broad SMARTS) is 1. The van der Waals surface area contributed by atoms with Gasteiger partial charge in [0.25, 0.3) is 0 Å². The molecule has 0 amide bonds. The summed E-state index contributed by atoms with van der Waals surface area (Å²) in [6.07, 6.45) is 4.53. The summed E-state index contributed by atoms with van der Waals surface area (Å²) in [7, 11) is 0. The summed E-state index contributed by atoms with van der Waals surface area (Å²) < 4.78 is 0. The molecule has 0 radical (unpaired) electrons. The molecular weight excluding hydrogens is 361 g/mol. The van der Waals surface area contributed by atoms with E-state index in [1.165, 1.54) is 6.42 Å². The van der Waals surface area contributed by atoms with Gasteiger partial charge in [-0.05, 0) is 18.3 Å². The van der Waals surface area contributed by atoms with Crippen molar-refractivity contribution in [3.8, 4) is 0 Å². The average molecular weight is 384 g/mol. The number of unbranched alkanes of at least 4 members (excludes halogenated alkanes) is 2. The molecular formula is C10H23BiO2. The van der Waals surface area contributed by atoms with Gasteiger partial charge in [0.05, 0.1) is 0 Å². The van der Waals surface area contributed by atoms with Crippen LogP contribution in [0.4, 0.5) is 0 Å². The molecule has 0 fully saturated rings. The monoisotopic (exact) mass is 384 g/mol. The van der Waals surface area contributed by atoms with Crippen LogP contribution >= 0.6 is 0 Å². The fourth-order valence-electron chi connectivity index (χ4n) is 1.11. The zero-order valence-corrected chi connectivity index (χ0v) is 14.6. The first-order valence-corrected chi connectivity index (χ1v) is 4.63. The Morgan fingerprint density at radius 2 is 1.69 bits per heavy atom. The number of carboxylic acids is 1. The van der Waals surface area contributed by atoms with E-state index in [2.05, 4.69) is 20.8 Å². The third kappa shape index (κ3) is 15.1. The van der Waals surface area contributed by atoms with Crippen LogP contribution in [0.15, 0.2) is 0 Å². The van der Waals surface area contributed by atoms with Gasteiger partial charge in [0.2, 0.25) is 0 Å². The normalized spacial score (nSPS) is 10.7. The second kappa shape index (κ2) is 7.73. The Morgan fingerprint density at radius 1 is 1.15 bits per heavy atom. The number of aliphatic carboxylic acids is 1. The van der Waals surface area contributed by atoms with E-state index in [1.807, 2.05) is 0 Å². The van der Waals surface area contributed by atoms with Crippen molar-refractivity contribution < 1.29 is 9.90 Å². The summed E-state index contributed by atoms with van der Waals surface area (Å²) in [5.74, 6) is -0.675. The van der Waals surface area contributed by atoms with Gasteiger partial charge in [-0.25, -0.2) is 0 Å². The Balaban J connectivity index is 0. The molecule has 0 aliphatic heterocycles. The Hall–Kier alpha value is 0.353. The first-order chi connectivity index (χ1) is 5.42. The molecule has 1 N–H and O–H groups in total. The summed E-state index contributed by atoms with van der Waals surface area (Å²) in [6.45, 7) is 6.64. The molecule has 0 atom stereocenters. The van der Waals surface area contributed by atoms with Crippen LogP contribution in [-0.2, 0) is 4.79 Å². The first kappa shape index (κ1) is 15.8. The predicted molar refractivity (Wildman–Crippen MR) is 60.1 cm³/mol. The number of carbonyl (C=O) groups is 1. The molecule has 0 aliphatic rings. The zero-order valence-electron chi connectivity index (χ0n) is 9.10. The Morgan fingerprint density at radius 3 is 2.08 bits per heavy atom. The fraction of sp³-hybridized carbons (Fsp3) is 0.900. The summed E-state index contributed by atoms with van der Waals surface area (Å²) >= 11 is 0. The van der Waals surface area contributed by atoms with Gasteiger partial charge in [0, 0.05) is 6.42 Å². The summed E-state index contributed by atoms with van der Waals surface area (Å²) in [6, 6.07) is 0. The van der Waals surface area contributed by atoms with Gasteiger partial charge in [-0.1, -0.05) is 33.6 Å². The number of rotatable bonds is 5. The Kier molecular flexibility index (Phi) is 9.40. The van der Waals surface area contributed by atoms with Crippen LogP contribution in [0.2, 0.25) is 0 Å². The minimum absolute atomic E-state index is 0. The molecule has 0 aromatic rings. The van der Waals surface area contributed by atoms with Gasteiger partial charge in [-0.3, -0.25) is 4.79 Å². The molecule has 0 spiro atoms. The van der Waals surface area contributed by atoms with Crippen molar-refractivity contribution in [2.75, 3.05) is 0 Å². The molecule has 0 heterocycles.